The average molecular weight is 307 g/mol. The van der Waals surface area contributed by atoms with Crippen LogP contribution in [0.4, 0.5) is 11.4 Å². The third-order valence-electron chi connectivity index (χ3n) is 3.12. The number of benzene rings is 2. The zero-order chi connectivity index (χ0) is 14.8. The Hall–Kier alpha value is -2.47. The summed E-state index contributed by atoms with van der Waals surface area (Å²) < 4.78 is 10.5. The summed E-state index contributed by atoms with van der Waals surface area (Å²) in [6, 6.07) is 9.94. The number of hydrogen-bond donors (Lipinski definition) is 1. The van der Waals surface area contributed by atoms with Crippen LogP contribution in [0.25, 0.3) is 0 Å². The smallest absolute Gasteiger partial charge is 0.274 e. The number of hydrogen-bond acceptors (Lipinski definition) is 5. The summed E-state index contributed by atoms with van der Waals surface area (Å²) in [4.78, 5) is 10.6. The predicted octanol–water partition coefficient (Wildman–Crippen LogP) is 3.59. The predicted molar refractivity (Wildman–Crippen MR) is 78.0 cm³/mol. The minimum atomic E-state index is -0.404. The number of rotatable bonds is 4. The molecule has 21 heavy (non-hydrogen) atoms. The Kier molecular flexibility index (Phi) is 3.53. The molecule has 7 heteroatoms. The van der Waals surface area contributed by atoms with Gasteiger partial charge in [0.2, 0.25) is 6.79 Å². The molecule has 1 aliphatic heterocycles. The summed E-state index contributed by atoms with van der Waals surface area (Å²) in [5.41, 5.74) is 1.29. The van der Waals surface area contributed by atoms with Crippen LogP contribution in [-0.4, -0.2) is 11.7 Å². The summed E-state index contributed by atoms with van der Waals surface area (Å²) in [6.45, 7) is 0.454. The second-order valence-electron chi connectivity index (χ2n) is 4.42. The largest absolute Gasteiger partial charge is 0.454 e. The molecule has 0 saturated heterocycles. The maximum atomic E-state index is 11.0. The molecule has 1 heterocycles. The number of anilines is 1. The van der Waals surface area contributed by atoms with Crippen LogP contribution in [-0.2, 0) is 6.54 Å². The molecule has 0 saturated carbocycles. The normalized spacial score (nSPS) is 12.2. The first-order valence-electron chi connectivity index (χ1n) is 6.20. The summed E-state index contributed by atoms with van der Waals surface area (Å²) in [7, 11) is 0. The van der Waals surface area contributed by atoms with Crippen LogP contribution in [0.2, 0.25) is 5.02 Å². The molecule has 0 amide bonds. The number of nitrogens with one attached hydrogen (secondary N) is 1. The van der Waals surface area contributed by atoms with Crippen LogP contribution < -0.4 is 14.8 Å². The molecule has 2 aromatic carbocycles. The Morgan fingerprint density at radius 2 is 1.95 bits per heavy atom. The van der Waals surface area contributed by atoms with Crippen molar-refractivity contribution in [2.45, 2.75) is 6.54 Å². The number of fused-ring (bicyclic) bond motifs is 1. The summed E-state index contributed by atoms with van der Waals surface area (Å²) >= 11 is 6.14. The molecule has 3 rings (SSSR count). The van der Waals surface area contributed by atoms with Crippen molar-refractivity contribution in [2.75, 3.05) is 12.1 Å². The van der Waals surface area contributed by atoms with Crippen molar-refractivity contribution >= 4 is 23.0 Å². The van der Waals surface area contributed by atoms with E-state index in [0.29, 0.717) is 27.8 Å². The first-order chi connectivity index (χ1) is 10.1. The van der Waals surface area contributed by atoms with Crippen LogP contribution in [0.3, 0.4) is 0 Å². The highest BCUT2D eigenvalue weighted by Crippen LogP contribution is 2.39. The molecular formula is C14H11ClN2O4. The van der Waals surface area contributed by atoms with Crippen LogP contribution in [0.5, 0.6) is 11.5 Å². The zero-order valence-electron chi connectivity index (χ0n) is 10.8. The van der Waals surface area contributed by atoms with Crippen molar-refractivity contribution in [2.24, 2.45) is 0 Å². The highest BCUT2D eigenvalue weighted by molar-refractivity contribution is 6.33. The van der Waals surface area contributed by atoms with E-state index in [-0.39, 0.29) is 19.0 Å². The van der Waals surface area contributed by atoms with Gasteiger partial charge < -0.3 is 14.8 Å². The quantitative estimate of drug-likeness (QED) is 0.690. The maximum absolute atomic E-state index is 11.0. The molecule has 0 atom stereocenters. The number of para-hydroxylation sites is 1. The molecule has 6 nitrogen and oxygen atoms in total. The average Bonchev–Trinajstić information content (AvgIpc) is 2.92. The van der Waals surface area contributed by atoms with Gasteiger partial charge in [-0.25, -0.2) is 0 Å². The molecule has 1 aliphatic rings. The van der Waals surface area contributed by atoms with Crippen molar-refractivity contribution < 1.29 is 14.4 Å². The van der Waals surface area contributed by atoms with E-state index in [0.717, 1.165) is 0 Å². The Morgan fingerprint density at radius 1 is 1.24 bits per heavy atom. The van der Waals surface area contributed by atoms with Gasteiger partial charge in [0.25, 0.3) is 5.69 Å². The van der Waals surface area contributed by atoms with Gasteiger partial charge >= 0.3 is 0 Å². The molecule has 0 radical (unpaired) electrons. The lowest BCUT2D eigenvalue weighted by molar-refractivity contribution is -0.385. The summed E-state index contributed by atoms with van der Waals surface area (Å²) in [5, 5.41) is 14.5. The molecule has 0 spiro atoms. The molecule has 0 bridgehead atoms. The van der Waals surface area contributed by atoms with Crippen molar-refractivity contribution in [1.82, 2.24) is 0 Å². The van der Waals surface area contributed by atoms with Crippen molar-refractivity contribution in [1.29, 1.82) is 0 Å². The number of halogens is 1. The highest BCUT2D eigenvalue weighted by atomic mass is 35.5. The van der Waals surface area contributed by atoms with E-state index in [4.69, 9.17) is 21.1 Å². The number of ether oxygens (including phenoxy) is 2. The first kappa shape index (κ1) is 13.5. The fraction of sp³-hybridized carbons (Fsp3) is 0.143. The highest BCUT2D eigenvalue weighted by Gasteiger charge is 2.17. The second-order valence-corrected chi connectivity index (χ2v) is 4.83. The van der Waals surface area contributed by atoms with E-state index < -0.39 is 4.92 Å². The van der Waals surface area contributed by atoms with Gasteiger partial charge in [0.15, 0.2) is 11.5 Å². The number of nitro groups is 1. The lowest BCUT2D eigenvalue weighted by Gasteiger charge is -2.10. The molecule has 0 unspecified atom stereocenters. The molecule has 108 valence electrons. The van der Waals surface area contributed by atoms with Crippen LogP contribution in [0, 0.1) is 10.1 Å². The minimum absolute atomic E-state index is 0.0712. The Bertz CT molecular complexity index is 705. The SMILES string of the molecule is O=[N+]([O-])c1ccccc1CNc1cc2c(cc1Cl)OCO2. The van der Waals surface area contributed by atoms with Crippen LogP contribution >= 0.6 is 11.6 Å². The Morgan fingerprint density at radius 3 is 2.71 bits per heavy atom. The van der Waals surface area contributed by atoms with Gasteiger partial charge in [0, 0.05) is 30.3 Å². The van der Waals surface area contributed by atoms with E-state index in [1.54, 1.807) is 30.3 Å². The maximum Gasteiger partial charge on any atom is 0.274 e. The lowest BCUT2D eigenvalue weighted by Crippen LogP contribution is -2.03. The monoisotopic (exact) mass is 306 g/mol. The molecular weight excluding hydrogens is 296 g/mol. The minimum Gasteiger partial charge on any atom is -0.454 e. The number of nitrogens with zero attached hydrogens (tertiary/aromatic N) is 1. The van der Waals surface area contributed by atoms with Gasteiger partial charge in [0.1, 0.15) is 0 Å². The van der Waals surface area contributed by atoms with Crippen molar-refractivity contribution in [3.63, 3.8) is 0 Å². The van der Waals surface area contributed by atoms with Crippen LogP contribution in [0.15, 0.2) is 36.4 Å². The van der Waals surface area contributed by atoms with Gasteiger partial charge in [-0.05, 0) is 0 Å². The van der Waals surface area contributed by atoms with Gasteiger partial charge in [-0.15, -0.1) is 0 Å². The molecule has 0 fully saturated rings. The molecule has 1 N–H and O–H groups in total. The van der Waals surface area contributed by atoms with E-state index in [1.165, 1.54) is 6.07 Å². The molecule has 0 aliphatic carbocycles. The van der Waals surface area contributed by atoms with Gasteiger partial charge in [-0.2, -0.15) is 0 Å². The first-order valence-corrected chi connectivity index (χ1v) is 6.58. The lowest BCUT2D eigenvalue weighted by atomic mass is 10.1. The fourth-order valence-corrected chi connectivity index (χ4v) is 2.30. The Balaban J connectivity index is 1.81. The second kappa shape index (κ2) is 5.49. The van der Waals surface area contributed by atoms with Gasteiger partial charge in [0.05, 0.1) is 15.6 Å². The van der Waals surface area contributed by atoms with E-state index >= 15 is 0 Å². The van der Waals surface area contributed by atoms with Crippen molar-refractivity contribution in [3.05, 3.63) is 57.1 Å². The Labute approximate surface area is 125 Å². The van der Waals surface area contributed by atoms with Gasteiger partial charge in [-0.3, -0.25) is 10.1 Å². The van der Waals surface area contributed by atoms with E-state index in [9.17, 15) is 10.1 Å². The van der Waals surface area contributed by atoms with E-state index in [1.807, 2.05) is 0 Å². The summed E-state index contributed by atoms with van der Waals surface area (Å²) in [6.07, 6.45) is 0. The fourth-order valence-electron chi connectivity index (χ4n) is 2.08. The molecule has 2 aromatic rings. The third kappa shape index (κ3) is 2.71. The van der Waals surface area contributed by atoms with Crippen LogP contribution in [0.1, 0.15) is 5.56 Å². The van der Waals surface area contributed by atoms with Gasteiger partial charge in [-0.1, -0.05) is 29.8 Å². The van der Waals surface area contributed by atoms with E-state index in [2.05, 4.69) is 5.32 Å². The zero-order valence-corrected chi connectivity index (χ0v) is 11.6. The number of nitro benzene ring substituents is 1. The topological polar surface area (TPSA) is 73.6 Å². The van der Waals surface area contributed by atoms with Crippen molar-refractivity contribution in [3.8, 4) is 11.5 Å². The molecule has 0 aromatic heterocycles. The summed E-state index contributed by atoms with van der Waals surface area (Å²) in [5.74, 6) is 1.20. The third-order valence-corrected chi connectivity index (χ3v) is 3.43. The standard InChI is InChI=1S/C14H11ClN2O4/c15-10-5-13-14(21-8-20-13)6-11(10)16-7-9-3-1-2-4-12(9)17(18)19/h1-6,16H,7-8H2.